The molecule has 4 nitrogen and oxygen atoms in total. The van der Waals surface area contributed by atoms with Crippen LogP contribution in [-0.2, 0) is 11.3 Å². The van der Waals surface area contributed by atoms with Gasteiger partial charge in [-0.2, -0.15) is 0 Å². The number of carbonyl (C=O) groups is 1. The second-order valence-electron chi connectivity index (χ2n) is 7.90. The summed E-state index contributed by atoms with van der Waals surface area (Å²) in [6.45, 7) is 5.76. The Morgan fingerprint density at radius 2 is 1.69 bits per heavy atom. The van der Waals surface area contributed by atoms with Gasteiger partial charge in [-0.15, -0.1) is 0 Å². The molecule has 0 unspecified atom stereocenters. The molecule has 1 atom stereocenters. The van der Waals surface area contributed by atoms with Gasteiger partial charge in [0.25, 0.3) is 0 Å². The molecule has 29 heavy (non-hydrogen) atoms. The number of hydrogen-bond acceptors (Lipinski definition) is 3. The van der Waals surface area contributed by atoms with Crippen molar-refractivity contribution in [3.8, 4) is 0 Å². The fourth-order valence-corrected chi connectivity index (χ4v) is 4.08. The summed E-state index contributed by atoms with van der Waals surface area (Å²) >= 11 is 0. The van der Waals surface area contributed by atoms with E-state index in [1.54, 1.807) is 0 Å². The minimum Gasteiger partial charge on any atom is -0.325 e. The fraction of sp³-hybridized carbons (Fsp3) is 0.320. The topological polar surface area (TPSA) is 44.4 Å². The van der Waals surface area contributed by atoms with Gasteiger partial charge in [0.05, 0.1) is 6.54 Å². The second kappa shape index (κ2) is 9.21. The van der Waals surface area contributed by atoms with Crippen LogP contribution >= 0.6 is 0 Å². The second-order valence-corrected chi connectivity index (χ2v) is 7.90. The van der Waals surface area contributed by atoms with Crippen LogP contribution in [0.4, 0.5) is 5.69 Å². The largest absolute Gasteiger partial charge is 0.325 e. The van der Waals surface area contributed by atoms with E-state index in [0.717, 1.165) is 12.2 Å². The lowest BCUT2D eigenvalue weighted by molar-refractivity contribution is -0.115. The molecule has 3 aromatic carbocycles. The molecule has 1 aliphatic rings. The fourth-order valence-electron chi connectivity index (χ4n) is 4.08. The van der Waals surface area contributed by atoms with Crippen LogP contribution in [0.1, 0.15) is 36.9 Å². The van der Waals surface area contributed by atoms with Crippen molar-refractivity contribution < 1.29 is 4.79 Å². The first-order chi connectivity index (χ1) is 14.2. The first kappa shape index (κ1) is 19.6. The Hall–Kier alpha value is -2.69. The van der Waals surface area contributed by atoms with E-state index in [9.17, 15) is 4.79 Å². The molecule has 0 spiro atoms. The third-order valence-corrected chi connectivity index (χ3v) is 5.70. The standard InChI is InChI=1S/C25H29N3O/c1-19(23-10-6-8-21-7-2-3-9-24(21)23)26-17-25(29)27-22-13-11-20(12-14-22)18-28-15-4-5-16-28/h2-3,6-14,19,26H,4-5,15-18H2,1H3,(H,27,29)/t19-/m1/s1. The highest BCUT2D eigenvalue weighted by Gasteiger charge is 2.13. The molecule has 1 saturated heterocycles. The number of nitrogens with zero attached hydrogens (tertiary/aromatic N) is 1. The van der Waals surface area contributed by atoms with Crippen LogP contribution in [0, 0.1) is 0 Å². The number of nitrogens with one attached hydrogen (secondary N) is 2. The molecular formula is C25H29N3O. The predicted molar refractivity (Wildman–Crippen MR) is 120 cm³/mol. The average Bonchev–Trinajstić information content (AvgIpc) is 3.26. The summed E-state index contributed by atoms with van der Waals surface area (Å²) < 4.78 is 0. The van der Waals surface area contributed by atoms with E-state index in [1.807, 2.05) is 18.2 Å². The number of benzene rings is 3. The van der Waals surface area contributed by atoms with Crippen LogP contribution in [0.2, 0.25) is 0 Å². The van der Waals surface area contributed by atoms with Crippen molar-refractivity contribution in [2.45, 2.75) is 32.4 Å². The molecule has 1 aliphatic heterocycles. The van der Waals surface area contributed by atoms with Crippen LogP contribution in [0.5, 0.6) is 0 Å². The summed E-state index contributed by atoms with van der Waals surface area (Å²) in [5.74, 6) is -0.0237. The smallest absolute Gasteiger partial charge is 0.238 e. The Morgan fingerprint density at radius 3 is 2.48 bits per heavy atom. The quantitative estimate of drug-likeness (QED) is 0.616. The van der Waals surface area contributed by atoms with E-state index in [2.05, 4.69) is 71.0 Å². The molecule has 0 bridgehead atoms. The zero-order chi connectivity index (χ0) is 20.1. The molecule has 0 aromatic heterocycles. The van der Waals surface area contributed by atoms with Crippen molar-refractivity contribution in [3.63, 3.8) is 0 Å². The molecular weight excluding hydrogens is 358 g/mol. The first-order valence-corrected chi connectivity index (χ1v) is 10.5. The number of likely N-dealkylation sites (tertiary alicyclic amines) is 1. The molecule has 3 aromatic rings. The molecule has 4 heteroatoms. The van der Waals surface area contributed by atoms with Gasteiger partial charge in [-0.25, -0.2) is 0 Å². The van der Waals surface area contributed by atoms with Crippen LogP contribution in [0.15, 0.2) is 66.7 Å². The van der Waals surface area contributed by atoms with E-state index < -0.39 is 0 Å². The lowest BCUT2D eigenvalue weighted by atomic mass is 10.00. The highest BCUT2D eigenvalue weighted by atomic mass is 16.1. The summed E-state index contributed by atoms with van der Waals surface area (Å²) in [7, 11) is 0. The van der Waals surface area contributed by atoms with Gasteiger partial charge in [0.1, 0.15) is 0 Å². The molecule has 1 amide bonds. The third kappa shape index (κ3) is 5.03. The number of carbonyl (C=O) groups excluding carboxylic acids is 1. The maximum Gasteiger partial charge on any atom is 0.238 e. The van der Waals surface area contributed by atoms with Gasteiger partial charge in [0, 0.05) is 18.3 Å². The van der Waals surface area contributed by atoms with Crippen LogP contribution in [-0.4, -0.2) is 30.4 Å². The lowest BCUT2D eigenvalue weighted by Crippen LogP contribution is -2.30. The van der Waals surface area contributed by atoms with Crippen molar-refractivity contribution in [2.75, 3.05) is 25.0 Å². The molecule has 0 saturated carbocycles. The van der Waals surface area contributed by atoms with Crippen LogP contribution in [0.25, 0.3) is 10.8 Å². The molecule has 1 heterocycles. The minimum atomic E-state index is -0.0237. The van der Waals surface area contributed by atoms with E-state index in [0.29, 0.717) is 0 Å². The van der Waals surface area contributed by atoms with E-state index in [1.165, 1.54) is 47.8 Å². The third-order valence-electron chi connectivity index (χ3n) is 5.70. The molecule has 150 valence electrons. The molecule has 0 radical (unpaired) electrons. The van der Waals surface area contributed by atoms with Gasteiger partial charge in [-0.1, -0.05) is 54.6 Å². The van der Waals surface area contributed by atoms with E-state index >= 15 is 0 Å². The SMILES string of the molecule is C[C@@H](NCC(=O)Nc1ccc(CN2CCCC2)cc1)c1cccc2ccccc12. The molecule has 0 aliphatic carbocycles. The number of hydrogen-bond donors (Lipinski definition) is 2. The number of fused-ring (bicyclic) bond motifs is 1. The van der Waals surface area contributed by atoms with E-state index in [4.69, 9.17) is 0 Å². The minimum absolute atomic E-state index is 0.0237. The normalized spacial score (nSPS) is 15.5. The first-order valence-electron chi connectivity index (χ1n) is 10.5. The van der Waals surface area contributed by atoms with Gasteiger partial charge in [-0.3, -0.25) is 9.69 Å². The summed E-state index contributed by atoms with van der Waals surface area (Å²) in [5, 5.41) is 8.79. The average molecular weight is 388 g/mol. The Morgan fingerprint density at radius 1 is 0.966 bits per heavy atom. The molecule has 2 N–H and O–H groups in total. The van der Waals surface area contributed by atoms with Crippen LogP contribution in [0.3, 0.4) is 0 Å². The Labute approximate surface area is 172 Å². The van der Waals surface area contributed by atoms with Gasteiger partial charge in [0.2, 0.25) is 5.91 Å². The summed E-state index contributed by atoms with van der Waals surface area (Å²) in [4.78, 5) is 14.9. The number of anilines is 1. The maximum atomic E-state index is 12.4. The van der Waals surface area contributed by atoms with Crippen molar-refractivity contribution in [2.24, 2.45) is 0 Å². The van der Waals surface area contributed by atoms with Gasteiger partial charge < -0.3 is 10.6 Å². The van der Waals surface area contributed by atoms with Gasteiger partial charge >= 0.3 is 0 Å². The zero-order valence-corrected chi connectivity index (χ0v) is 17.0. The highest BCUT2D eigenvalue weighted by Crippen LogP contribution is 2.24. The number of amides is 1. The van der Waals surface area contributed by atoms with Crippen LogP contribution < -0.4 is 10.6 Å². The molecule has 1 fully saturated rings. The Kier molecular flexibility index (Phi) is 6.23. The zero-order valence-electron chi connectivity index (χ0n) is 17.0. The van der Waals surface area contributed by atoms with E-state index in [-0.39, 0.29) is 18.5 Å². The Balaban J connectivity index is 1.30. The van der Waals surface area contributed by atoms with Crippen molar-refractivity contribution in [1.29, 1.82) is 0 Å². The summed E-state index contributed by atoms with van der Waals surface area (Å²) in [6.07, 6.45) is 2.61. The molecule has 4 rings (SSSR count). The lowest BCUT2D eigenvalue weighted by Gasteiger charge is -2.17. The van der Waals surface area contributed by atoms with Gasteiger partial charge in [-0.05, 0) is 66.9 Å². The maximum absolute atomic E-state index is 12.4. The van der Waals surface area contributed by atoms with Gasteiger partial charge in [0.15, 0.2) is 0 Å². The highest BCUT2D eigenvalue weighted by molar-refractivity contribution is 5.92. The van der Waals surface area contributed by atoms with Crippen molar-refractivity contribution in [1.82, 2.24) is 10.2 Å². The summed E-state index contributed by atoms with van der Waals surface area (Å²) in [5.41, 5.74) is 3.36. The number of rotatable bonds is 7. The predicted octanol–water partition coefficient (Wildman–Crippen LogP) is 4.72. The van der Waals surface area contributed by atoms with Crippen molar-refractivity contribution >= 4 is 22.4 Å². The Bertz CT molecular complexity index is 956. The monoisotopic (exact) mass is 387 g/mol. The summed E-state index contributed by atoms with van der Waals surface area (Å²) in [6, 6.07) is 23.0. The van der Waals surface area contributed by atoms with Crippen molar-refractivity contribution in [3.05, 3.63) is 77.9 Å².